The van der Waals surface area contributed by atoms with E-state index in [1.807, 2.05) is 10.6 Å². The van der Waals surface area contributed by atoms with Gasteiger partial charge in [-0.3, -0.25) is 0 Å². The van der Waals surface area contributed by atoms with Gasteiger partial charge in [0.15, 0.2) is 0 Å². The van der Waals surface area contributed by atoms with Crippen LogP contribution < -0.4 is 0 Å². The van der Waals surface area contributed by atoms with E-state index in [4.69, 9.17) is 5.11 Å². The lowest BCUT2D eigenvalue weighted by atomic mass is 9.96. The number of pyridine rings is 1. The van der Waals surface area contributed by atoms with Gasteiger partial charge in [-0.2, -0.15) is 0 Å². The van der Waals surface area contributed by atoms with Crippen LogP contribution in [-0.4, -0.2) is 45.0 Å². The first kappa shape index (κ1) is 13.1. The second-order valence-electron chi connectivity index (χ2n) is 5.34. The Bertz CT molecular complexity index is 627. The van der Waals surface area contributed by atoms with Gasteiger partial charge in [0.05, 0.1) is 17.3 Å². The molecule has 2 aromatic rings. The molecular weight excluding hydrogens is 254 g/mol. The van der Waals surface area contributed by atoms with E-state index >= 15 is 0 Å². The molecule has 0 saturated carbocycles. The van der Waals surface area contributed by atoms with Crippen molar-refractivity contribution in [1.29, 1.82) is 0 Å². The number of aromatic carboxylic acids is 1. The first-order valence-corrected chi connectivity index (χ1v) is 7.11. The number of aromatic nitrogens is 2. The van der Waals surface area contributed by atoms with Crippen LogP contribution in [0.15, 0.2) is 24.5 Å². The van der Waals surface area contributed by atoms with Crippen molar-refractivity contribution in [2.45, 2.75) is 25.7 Å². The Morgan fingerprint density at radius 1 is 1.45 bits per heavy atom. The lowest BCUT2D eigenvalue weighted by Crippen LogP contribution is -2.33. The maximum atomic E-state index is 11.0. The Labute approximate surface area is 117 Å². The fourth-order valence-electron chi connectivity index (χ4n) is 2.96. The average molecular weight is 273 g/mol. The number of carbonyl (C=O) groups is 1. The summed E-state index contributed by atoms with van der Waals surface area (Å²) in [7, 11) is 0. The zero-order chi connectivity index (χ0) is 14.1. The van der Waals surface area contributed by atoms with Crippen molar-refractivity contribution >= 4 is 11.5 Å². The van der Waals surface area contributed by atoms with Crippen molar-refractivity contribution in [1.82, 2.24) is 14.3 Å². The highest BCUT2D eigenvalue weighted by Gasteiger charge is 2.23. The van der Waals surface area contributed by atoms with Gasteiger partial charge in [0, 0.05) is 12.1 Å². The van der Waals surface area contributed by atoms with E-state index in [0.29, 0.717) is 11.5 Å². The number of fused-ring (bicyclic) bond motifs is 1. The van der Waals surface area contributed by atoms with E-state index in [1.165, 1.54) is 0 Å². The molecule has 0 amide bonds. The molecule has 0 bridgehead atoms. The number of carboxylic acids is 1. The number of rotatable bonds is 3. The minimum atomic E-state index is -0.897. The second-order valence-corrected chi connectivity index (χ2v) is 5.34. The van der Waals surface area contributed by atoms with Crippen LogP contribution in [0.4, 0.5) is 0 Å². The molecule has 1 N–H and O–H groups in total. The number of nitrogens with zero attached hydrogens (tertiary/aromatic N) is 3. The van der Waals surface area contributed by atoms with Gasteiger partial charge in [0.25, 0.3) is 0 Å². The number of piperidine rings is 1. The van der Waals surface area contributed by atoms with Gasteiger partial charge in [0.2, 0.25) is 0 Å². The standard InChI is InChI=1S/C15H19N3O2/c1-2-17-6-3-11(4-7-17)14-16-10-13-9-12(15(19)20)5-8-18(13)14/h5,8-11H,2-4,6-7H2,1H3,(H,19,20). The molecule has 1 aliphatic rings. The fourth-order valence-corrected chi connectivity index (χ4v) is 2.96. The van der Waals surface area contributed by atoms with Gasteiger partial charge in [-0.15, -0.1) is 0 Å². The SMILES string of the molecule is CCN1CCC(c2ncc3cc(C(=O)O)ccn23)CC1. The Morgan fingerprint density at radius 2 is 2.20 bits per heavy atom. The number of imidazole rings is 1. The van der Waals surface area contributed by atoms with E-state index in [-0.39, 0.29) is 0 Å². The number of carboxylic acid groups (broad SMARTS) is 1. The van der Waals surface area contributed by atoms with Crippen molar-refractivity contribution in [2.75, 3.05) is 19.6 Å². The molecule has 3 heterocycles. The Kier molecular flexibility index (Phi) is 3.44. The molecule has 5 nitrogen and oxygen atoms in total. The first-order valence-electron chi connectivity index (χ1n) is 7.11. The molecule has 1 aliphatic heterocycles. The Hall–Kier alpha value is -1.88. The van der Waals surface area contributed by atoms with Crippen LogP contribution in [0.3, 0.4) is 0 Å². The summed E-state index contributed by atoms with van der Waals surface area (Å²) in [6, 6.07) is 3.32. The average Bonchev–Trinajstić information content (AvgIpc) is 2.90. The van der Waals surface area contributed by atoms with E-state index < -0.39 is 5.97 Å². The predicted octanol–water partition coefficient (Wildman–Crippen LogP) is 2.23. The number of hydrogen-bond acceptors (Lipinski definition) is 3. The minimum Gasteiger partial charge on any atom is -0.478 e. The first-order chi connectivity index (χ1) is 9.69. The van der Waals surface area contributed by atoms with Crippen molar-refractivity contribution in [3.63, 3.8) is 0 Å². The Balaban J connectivity index is 1.88. The molecule has 5 heteroatoms. The summed E-state index contributed by atoms with van der Waals surface area (Å²) in [5.41, 5.74) is 1.17. The van der Waals surface area contributed by atoms with Crippen LogP contribution in [0.5, 0.6) is 0 Å². The summed E-state index contributed by atoms with van der Waals surface area (Å²) in [5.74, 6) is 0.634. The Morgan fingerprint density at radius 3 is 2.85 bits per heavy atom. The molecule has 1 saturated heterocycles. The van der Waals surface area contributed by atoms with Crippen LogP contribution >= 0.6 is 0 Å². The topological polar surface area (TPSA) is 57.8 Å². The quantitative estimate of drug-likeness (QED) is 0.931. The molecule has 0 radical (unpaired) electrons. The van der Waals surface area contributed by atoms with Crippen LogP contribution in [0, 0.1) is 0 Å². The predicted molar refractivity (Wildman–Crippen MR) is 76.2 cm³/mol. The molecule has 0 spiro atoms. The van der Waals surface area contributed by atoms with E-state index in [2.05, 4.69) is 16.8 Å². The maximum Gasteiger partial charge on any atom is 0.335 e. The van der Waals surface area contributed by atoms with E-state index in [9.17, 15) is 4.79 Å². The zero-order valence-corrected chi connectivity index (χ0v) is 11.6. The molecule has 0 unspecified atom stereocenters. The maximum absolute atomic E-state index is 11.0. The molecule has 0 aliphatic carbocycles. The normalized spacial score (nSPS) is 17.6. The lowest BCUT2D eigenvalue weighted by molar-refractivity contribution is 0.0697. The third kappa shape index (κ3) is 2.29. The number of hydrogen-bond donors (Lipinski definition) is 1. The van der Waals surface area contributed by atoms with Crippen molar-refractivity contribution < 1.29 is 9.90 Å². The summed E-state index contributed by atoms with van der Waals surface area (Å²) in [6.07, 6.45) is 5.84. The second kappa shape index (κ2) is 5.25. The molecule has 1 fully saturated rings. The molecule has 106 valence electrons. The smallest absolute Gasteiger partial charge is 0.335 e. The highest BCUT2D eigenvalue weighted by Crippen LogP contribution is 2.27. The fraction of sp³-hybridized carbons (Fsp3) is 0.467. The highest BCUT2D eigenvalue weighted by molar-refractivity contribution is 5.88. The summed E-state index contributed by atoms with van der Waals surface area (Å²) in [4.78, 5) is 18.0. The molecule has 0 aromatic carbocycles. The summed E-state index contributed by atoms with van der Waals surface area (Å²) < 4.78 is 2.03. The lowest BCUT2D eigenvalue weighted by Gasteiger charge is -2.30. The van der Waals surface area contributed by atoms with Crippen molar-refractivity contribution in [3.8, 4) is 0 Å². The summed E-state index contributed by atoms with van der Waals surface area (Å²) in [6.45, 7) is 5.53. The summed E-state index contributed by atoms with van der Waals surface area (Å²) >= 11 is 0. The molecule has 20 heavy (non-hydrogen) atoms. The van der Waals surface area contributed by atoms with E-state index in [1.54, 1.807) is 18.3 Å². The van der Waals surface area contributed by atoms with Gasteiger partial charge in [-0.25, -0.2) is 9.78 Å². The van der Waals surface area contributed by atoms with Gasteiger partial charge >= 0.3 is 5.97 Å². The monoisotopic (exact) mass is 273 g/mol. The number of likely N-dealkylation sites (tertiary alicyclic amines) is 1. The van der Waals surface area contributed by atoms with Crippen LogP contribution in [-0.2, 0) is 0 Å². The zero-order valence-electron chi connectivity index (χ0n) is 11.6. The van der Waals surface area contributed by atoms with Crippen molar-refractivity contribution in [3.05, 3.63) is 35.9 Å². The van der Waals surface area contributed by atoms with Gasteiger partial charge in [0.1, 0.15) is 5.82 Å². The minimum absolute atomic E-state index is 0.310. The third-order valence-corrected chi connectivity index (χ3v) is 4.21. The molecule has 2 aromatic heterocycles. The van der Waals surface area contributed by atoms with Gasteiger partial charge in [-0.05, 0) is 44.6 Å². The van der Waals surface area contributed by atoms with Crippen LogP contribution in [0.25, 0.3) is 5.52 Å². The van der Waals surface area contributed by atoms with Crippen LogP contribution in [0.1, 0.15) is 41.9 Å². The highest BCUT2D eigenvalue weighted by atomic mass is 16.4. The van der Waals surface area contributed by atoms with E-state index in [0.717, 1.165) is 43.8 Å². The van der Waals surface area contributed by atoms with Gasteiger partial charge in [-0.1, -0.05) is 6.92 Å². The molecule has 0 atom stereocenters. The van der Waals surface area contributed by atoms with Crippen LogP contribution in [0.2, 0.25) is 0 Å². The summed E-state index contributed by atoms with van der Waals surface area (Å²) in [5, 5.41) is 9.02. The van der Waals surface area contributed by atoms with Crippen molar-refractivity contribution in [2.24, 2.45) is 0 Å². The third-order valence-electron chi connectivity index (χ3n) is 4.21. The molecular formula is C15H19N3O2. The molecule has 3 rings (SSSR count). The largest absolute Gasteiger partial charge is 0.478 e. The van der Waals surface area contributed by atoms with Gasteiger partial charge < -0.3 is 14.4 Å².